The number of hydrogen-bond donors (Lipinski definition) is 2. The number of anilines is 1. The van der Waals surface area contributed by atoms with Crippen LogP contribution in [0.4, 0.5) is 5.69 Å². The second-order valence-electron chi connectivity index (χ2n) is 7.17. The van der Waals surface area contributed by atoms with Crippen molar-refractivity contribution in [3.05, 3.63) is 68.2 Å². The third-order valence-electron chi connectivity index (χ3n) is 4.49. The second-order valence-corrected chi connectivity index (χ2v) is 7.60. The summed E-state index contributed by atoms with van der Waals surface area (Å²) in [7, 11) is 1.80. The third kappa shape index (κ3) is 4.58. The second kappa shape index (κ2) is 8.12. The Bertz CT molecular complexity index is 1080. The molecule has 2 N–H and O–H groups in total. The standard InChI is InChI=1S/C21H23ClN4O2/c1-12-7-13(2)20(14(3)8-12)25-19(27)11-26(4)10-18-23-17-9-15(22)5-6-16(17)21(28)24-18/h5-9H,10-11H2,1-4H3,(H,25,27)(H,23,24,28). The molecular weight excluding hydrogens is 376 g/mol. The van der Waals surface area contributed by atoms with E-state index in [4.69, 9.17) is 11.6 Å². The first-order valence-electron chi connectivity index (χ1n) is 8.97. The van der Waals surface area contributed by atoms with Crippen LogP contribution in [0.1, 0.15) is 22.5 Å². The normalized spacial score (nSPS) is 11.2. The van der Waals surface area contributed by atoms with Crippen LogP contribution in [0.2, 0.25) is 5.02 Å². The van der Waals surface area contributed by atoms with Crippen molar-refractivity contribution in [2.24, 2.45) is 0 Å². The van der Waals surface area contributed by atoms with E-state index in [-0.39, 0.29) is 18.0 Å². The number of rotatable bonds is 5. The number of likely N-dealkylation sites (N-methyl/N-ethyl adjacent to an activating group) is 1. The van der Waals surface area contributed by atoms with Crippen LogP contribution in [0.3, 0.4) is 0 Å². The van der Waals surface area contributed by atoms with Gasteiger partial charge in [-0.15, -0.1) is 0 Å². The van der Waals surface area contributed by atoms with Crippen LogP contribution in [0.25, 0.3) is 10.9 Å². The number of carbonyl (C=O) groups excluding carboxylic acids is 1. The lowest BCUT2D eigenvalue weighted by molar-refractivity contribution is -0.117. The molecule has 0 unspecified atom stereocenters. The Balaban J connectivity index is 1.70. The highest BCUT2D eigenvalue weighted by Gasteiger charge is 2.13. The lowest BCUT2D eigenvalue weighted by atomic mass is 10.1. The maximum absolute atomic E-state index is 12.5. The molecule has 0 saturated carbocycles. The minimum absolute atomic E-state index is 0.122. The van der Waals surface area contributed by atoms with Crippen LogP contribution in [0, 0.1) is 20.8 Å². The highest BCUT2D eigenvalue weighted by atomic mass is 35.5. The molecule has 3 rings (SSSR count). The number of amides is 1. The number of aryl methyl sites for hydroxylation is 3. The van der Waals surface area contributed by atoms with Crippen molar-refractivity contribution in [1.29, 1.82) is 0 Å². The number of nitrogens with one attached hydrogen (secondary N) is 2. The molecule has 7 heteroatoms. The topological polar surface area (TPSA) is 78.1 Å². The SMILES string of the molecule is Cc1cc(C)c(NC(=O)CN(C)Cc2nc3cc(Cl)ccc3c(=O)[nH]2)c(C)c1. The number of halogens is 1. The van der Waals surface area contributed by atoms with E-state index >= 15 is 0 Å². The maximum atomic E-state index is 12.5. The number of H-pyrrole nitrogens is 1. The van der Waals surface area contributed by atoms with Crippen molar-refractivity contribution >= 4 is 34.1 Å². The fourth-order valence-corrected chi connectivity index (χ4v) is 3.52. The van der Waals surface area contributed by atoms with Gasteiger partial charge >= 0.3 is 0 Å². The highest BCUT2D eigenvalue weighted by molar-refractivity contribution is 6.31. The number of nitrogens with zero attached hydrogens (tertiary/aromatic N) is 2. The lowest BCUT2D eigenvalue weighted by Gasteiger charge is -2.18. The molecule has 6 nitrogen and oxygen atoms in total. The summed E-state index contributed by atoms with van der Waals surface area (Å²) >= 11 is 5.99. The van der Waals surface area contributed by atoms with Crippen molar-refractivity contribution < 1.29 is 4.79 Å². The Hall–Kier alpha value is -2.70. The molecule has 1 aromatic heterocycles. The first kappa shape index (κ1) is 20.0. The molecule has 1 heterocycles. The molecule has 1 amide bonds. The Morgan fingerprint density at radius 3 is 2.54 bits per heavy atom. The van der Waals surface area contributed by atoms with Crippen molar-refractivity contribution in [2.75, 3.05) is 18.9 Å². The summed E-state index contributed by atoms with van der Waals surface area (Å²) in [4.78, 5) is 33.7. The van der Waals surface area contributed by atoms with Gasteiger partial charge in [-0.25, -0.2) is 4.98 Å². The van der Waals surface area contributed by atoms with Crippen LogP contribution >= 0.6 is 11.6 Å². The summed E-state index contributed by atoms with van der Waals surface area (Å²) in [5, 5.41) is 3.99. The highest BCUT2D eigenvalue weighted by Crippen LogP contribution is 2.22. The van der Waals surface area contributed by atoms with E-state index in [9.17, 15) is 9.59 Å². The van der Waals surface area contributed by atoms with Gasteiger partial charge in [-0.1, -0.05) is 29.3 Å². The molecular formula is C21H23ClN4O2. The zero-order valence-corrected chi connectivity index (χ0v) is 17.1. The molecule has 0 radical (unpaired) electrons. The molecule has 0 spiro atoms. The van der Waals surface area contributed by atoms with Gasteiger partial charge in [-0.05, 0) is 57.1 Å². The molecule has 146 valence electrons. The summed E-state index contributed by atoms with van der Waals surface area (Å²) in [5.41, 5.74) is 4.39. The van der Waals surface area contributed by atoms with Gasteiger partial charge in [0.25, 0.3) is 5.56 Å². The lowest BCUT2D eigenvalue weighted by Crippen LogP contribution is -2.31. The third-order valence-corrected chi connectivity index (χ3v) is 4.73. The molecule has 28 heavy (non-hydrogen) atoms. The summed E-state index contributed by atoms with van der Waals surface area (Å²) in [6.45, 7) is 6.49. The van der Waals surface area contributed by atoms with E-state index in [2.05, 4.69) is 15.3 Å². The minimum Gasteiger partial charge on any atom is -0.324 e. The molecule has 3 aromatic rings. The average Bonchev–Trinajstić information content (AvgIpc) is 2.57. The minimum atomic E-state index is -0.222. The number of aromatic amines is 1. The Labute approximate surface area is 168 Å². The number of hydrogen-bond acceptors (Lipinski definition) is 4. The molecule has 0 fully saturated rings. The Morgan fingerprint density at radius 2 is 1.86 bits per heavy atom. The number of benzene rings is 2. The van der Waals surface area contributed by atoms with Gasteiger partial charge in [0.05, 0.1) is 24.0 Å². The van der Waals surface area contributed by atoms with Gasteiger partial charge in [-0.2, -0.15) is 0 Å². The first-order valence-corrected chi connectivity index (χ1v) is 9.35. The summed E-state index contributed by atoms with van der Waals surface area (Å²) in [5.74, 6) is 0.362. The van der Waals surface area contributed by atoms with Gasteiger partial charge in [-0.3, -0.25) is 14.5 Å². The van der Waals surface area contributed by atoms with Crippen LogP contribution in [-0.4, -0.2) is 34.4 Å². The number of fused-ring (bicyclic) bond motifs is 1. The predicted molar refractivity (Wildman–Crippen MR) is 113 cm³/mol. The summed E-state index contributed by atoms with van der Waals surface area (Å²) in [6.07, 6.45) is 0. The van der Waals surface area contributed by atoms with E-state index in [1.54, 1.807) is 30.1 Å². The maximum Gasteiger partial charge on any atom is 0.258 e. The molecule has 0 aliphatic carbocycles. The van der Waals surface area contributed by atoms with Crippen LogP contribution < -0.4 is 10.9 Å². The quantitative estimate of drug-likeness (QED) is 0.688. The van der Waals surface area contributed by atoms with Crippen molar-refractivity contribution in [3.8, 4) is 0 Å². The van der Waals surface area contributed by atoms with Gasteiger partial charge in [0.1, 0.15) is 5.82 Å². The van der Waals surface area contributed by atoms with E-state index in [0.717, 1.165) is 22.4 Å². The van der Waals surface area contributed by atoms with Gasteiger partial charge < -0.3 is 10.3 Å². The Morgan fingerprint density at radius 1 is 1.18 bits per heavy atom. The van der Waals surface area contributed by atoms with Crippen LogP contribution in [0.5, 0.6) is 0 Å². The molecule has 0 bridgehead atoms. The van der Waals surface area contributed by atoms with E-state index in [1.165, 1.54) is 0 Å². The number of aromatic nitrogens is 2. The zero-order chi connectivity index (χ0) is 20.4. The van der Waals surface area contributed by atoms with Crippen LogP contribution in [0.15, 0.2) is 35.1 Å². The molecule has 2 aromatic carbocycles. The summed E-state index contributed by atoms with van der Waals surface area (Å²) in [6, 6.07) is 9.05. The smallest absolute Gasteiger partial charge is 0.258 e. The van der Waals surface area contributed by atoms with Crippen molar-refractivity contribution in [2.45, 2.75) is 27.3 Å². The monoisotopic (exact) mass is 398 g/mol. The Kier molecular flexibility index (Phi) is 5.82. The van der Waals surface area contributed by atoms with Crippen LogP contribution in [-0.2, 0) is 11.3 Å². The van der Waals surface area contributed by atoms with Crippen molar-refractivity contribution in [3.63, 3.8) is 0 Å². The molecule has 0 saturated heterocycles. The first-order chi connectivity index (χ1) is 13.2. The van der Waals surface area contributed by atoms with E-state index in [0.29, 0.717) is 28.3 Å². The van der Waals surface area contributed by atoms with Gasteiger partial charge in [0.2, 0.25) is 5.91 Å². The van der Waals surface area contributed by atoms with Gasteiger partial charge in [0, 0.05) is 10.7 Å². The average molecular weight is 399 g/mol. The molecule has 0 aliphatic rings. The number of carbonyl (C=O) groups is 1. The fraction of sp³-hybridized carbons (Fsp3) is 0.286. The zero-order valence-electron chi connectivity index (χ0n) is 16.4. The van der Waals surface area contributed by atoms with Gasteiger partial charge in [0.15, 0.2) is 0 Å². The van der Waals surface area contributed by atoms with E-state index in [1.807, 2.05) is 32.9 Å². The molecule has 0 aliphatic heterocycles. The van der Waals surface area contributed by atoms with E-state index < -0.39 is 0 Å². The molecule has 0 atom stereocenters. The summed E-state index contributed by atoms with van der Waals surface area (Å²) < 4.78 is 0. The largest absolute Gasteiger partial charge is 0.324 e. The fourth-order valence-electron chi connectivity index (χ4n) is 3.35. The van der Waals surface area contributed by atoms with Crippen molar-refractivity contribution in [1.82, 2.24) is 14.9 Å². The predicted octanol–water partition coefficient (Wildman–Crippen LogP) is 3.57.